The molecule has 4 heterocycles. The van der Waals surface area contributed by atoms with Crippen molar-refractivity contribution in [2.75, 3.05) is 19.0 Å². The molecule has 0 bridgehead atoms. The van der Waals surface area contributed by atoms with Crippen LogP contribution in [0, 0.1) is 0 Å². The first-order chi connectivity index (χ1) is 21.0. The van der Waals surface area contributed by atoms with Crippen molar-refractivity contribution in [2.24, 2.45) is 5.10 Å². The molecule has 43 heavy (non-hydrogen) atoms. The van der Waals surface area contributed by atoms with Crippen molar-refractivity contribution in [1.82, 2.24) is 19.5 Å². The van der Waals surface area contributed by atoms with E-state index < -0.39 is 0 Å². The Bertz CT molecular complexity index is 2180. The zero-order valence-electron chi connectivity index (χ0n) is 23.8. The number of nitrogens with zero attached hydrogens (tertiary/aromatic N) is 6. The van der Waals surface area contributed by atoms with Crippen molar-refractivity contribution in [3.05, 3.63) is 114 Å². The minimum absolute atomic E-state index is 0.0697. The number of hydrazone groups is 1. The van der Waals surface area contributed by atoms with E-state index in [2.05, 4.69) is 29.2 Å². The van der Waals surface area contributed by atoms with E-state index in [1.165, 1.54) is 0 Å². The van der Waals surface area contributed by atoms with Gasteiger partial charge in [-0.3, -0.25) is 4.79 Å². The van der Waals surface area contributed by atoms with Gasteiger partial charge in [0.05, 0.1) is 22.6 Å². The van der Waals surface area contributed by atoms with Crippen LogP contribution >= 0.6 is 0 Å². The van der Waals surface area contributed by atoms with Crippen molar-refractivity contribution in [3.63, 3.8) is 0 Å². The van der Waals surface area contributed by atoms with Gasteiger partial charge in [-0.05, 0) is 48.0 Å². The molecule has 0 fully saturated rings. The Hall–Kier alpha value is -5.50. The van der Waals surface area contributed by atoms with Gasteiger partial charge in [-0.1, -0.05) is 60.7 Å². The summed E-state index contributed by atoms with van der Waals surface area (Å²) in [6.45, 7) is 0.0697. The maximum absolute atomic E-state index is 14.3. The maximum atomic E-state index is 14.3. The van der Waals surface area contributed by atoms with Crippen molar-refractivity contribution >= 4 is 61.4 Å². The quantitative estimate of drug-likeness (QED) is 0.227. The molecule has 4 aromatic carbocycles. The highest BCUT2D eigenvalue weighted by atomic mass is 16.3. The third-order valence-electron chi connectivity index (χ3n) is 8.22. The predicted octanol–water partition coefficient (Wildman–Crippen LogP) is 6.93. The molecular weight excluding hydrogens is 536 g/mol. The molecule has 0 saturated carbocycles. The van der Waals surface area contributed by atoms with Gasteiger partial charge < -0.3 is 13.9 Å². The number of furan rings is 1. The monoisotopic (exact) mass is 564 g/mol. The molecule has 8 heteroatoms. The molecule has 0 radical (unpaired) electrons. The van der Waals surface area contributed by atoms with Crippen molar-refractivity contribution in [1.29, 1.82) is 0 Å². The first-order valence-electron chi connectivity index (χ1n) is 14.3. The first kappa shape index (κ1) is 25.2. The summed E-state index contributed by atoms with van der Waals surface area (Å²) < 4.78 is 8.14. The molecule has 0 spiro atoms. The van der Waals surface area contributed by atoms with Crippen molar-refractivity contribution in [3.8, 4) is 0 Å². The van der Waals surface area contributed by atoms with E-state index in [-0.39, 0.29) is 18.5 Å². The van der Waals surface area contributed by atoms with E-state index in [0.717, 1.165) is 55.4 Å². The normalized spacial score (nSPS) is 15.2. The number of carbonyl (C=O) groups is 1. The number of amides is 1. The van der Waals surface area contributed by atoms with Gasteiger partial charge in [0.2, 0.25) is 0 Å². The molecule has 3 aromatic heterocycles. The number of fused-ring (bicyclic) bond motifs is 5. The lowest BCUT2D eigenvalue weighted by Gasteiger charge is -2.23. The summed E-state index contributed by atoms with van der Waals surface area (Å²) in [4.78, 5) is 26.2. The Labute approximate surface area is 247 Å². The predicted molar refractivity (Wildman–Crippen MR) is 170 cm³/mol. The number of carbonyl (C=O) groups excluding carboxylic acids is 1. The molecule has 0 saturated heterocycles. The number of hydrogen-bond acceptors (Lipinski definition) is 6. The minimum atomic E-state index is -0.271. The molecule has 8 rings (SSSR count). The van der Waals surface area contributed by atoms with Crippen LogP contribution < -0.4 is 4.90 Å². The summed E-state index contributed by atoms with van der Waals surface area (Å²) in [5.41, 5.74) is 7.64. The second kappa shape index (κ2) is 9.80. The van der Waals surface area contributed by atoms with Gasteiger partial charge in [-0.15, -0.1) is 0 Å². The van der Waals surface area contributed by atoms with Crippen molar-refractivity contribution in [2.45, 2.75) is 19.0 Å². The Kier molecular flexibility index (Phi) is 5.75. The summed E-state index contributed by atoms with van der Waals surface area (Å²) in [6, 6.07) is 33.8. The summed E-state index contributed by atoms with van der Waals surface area (Å²) in [7, 11) is 4.03. The molecule has 0 N–H and O–H groups in total. The molecule has 1 atom stereocenters. The van der Waals surface area contributed by atoms with Crippen LogP contribution in [-0.2, 0) is 11.3 Å². The molecule has 0 aliphatic carbocycles. The van der Waals surface area contributed by atoms with E-state index in [4.69, 9.17) is 19.5 Å². The molecule has 8 nitrogen and oxygen atoms in total. The highest BCUT2D eigenvalue weighted by molar-refractivity contribution is 6.07. The second-order valence-corrected chi connectivity index (χ2v) is 11.1. The Morgan fingerprint density at radius 3 is 2.40 bits per heavy atom. The number of aromatic nitrogens is 3. The Morgan fingerprint density at radius 1 is 0.884 bits per heavy atom. The fourth-order valence-corrected chi connectivity index (χ4v) is 6.02. The lowest BCUT2D eigenvalue weighted by molar-refractivity contribution is -0.133. The fraction of sp³-hybridized carbons (Fsp3) is 0.143. The number of benzene rings is 4. The smallest absolute Gasteiger partial charge is 0.263 e. The number of rotatable bonds is 5. The van der Waals surface area contributed by atoms with Crippen LogP contribution in [0.5, 0.6) is 0 Å². The molecule has 1 aliphatic heterocycles. The molecule has 1 aliphatic rings. The van der Waals surface area contributed by atoms with Crippen LogP contribution in [0.3, 0.4) is 0 Å². The van der Waals surface area contributed by atoms with Crippen LogP contribution in [0.4, 0.5) is 5.69 Å². The number of hydrogen-bond donors (Lipinski definition) is 0. The SMILES string of the molecule is CN(C)c1ccc(C2CC(c3cc4ccccc4o3)=NN2C(=O)Cn2c3ccccc3c3nc4ccccc4nc32)cc1. The van der Waals surface area contributed by atoms with E-state index in [0.29, 0.717) is 17.8 Å². The molecular formula is C35H28N6O2. The van der Waals surface area contributed by atoms with E-state index in [1.807, 2.05) is 97.5 Å². The minimum Gasteiger partial charge on any atom is -0.455 e. The number of anilines is 1. The largest absolute Gasteiger partial charge is 0.455 e. The summed E-state index contributed by atoms with van der Waals surface area (Å²) in [6.07, 6.45) is 0.546. The van der Waals surface area contributed by atoms with Crippen LogP contribution in [0.25, 0.3) is 44.1 Å². The van der Waals surface area contributed by atoms with Crippen LogP contribution in [0.1, 0.15) is 23.8 Å². The summed E-state index contributed by atoms with van der Waals surface area (Å²) in [5, 5.41) is 8.51. The van der Waals surface area contributed by atoms with E-state index in [1.54, 1.807) is 5.01 Å². The summed E-state index contributed by atoms with van der Waals surface area (Å²) in [5.74, 6) is 0.547. The van der Waals surface area contributed by atoms with Gasteiger partial charge in [0.25, 0.3) is 5.91 Å². The van der Waals surface area contributed by atoms with Gasteiger partial charge in [-0.2, -0.15) is 5.10 Å². The lowest BCUT2D eigenvalue weighted by atomic mass is 10.0. The van der Waals surface area contributed by atoms with Gasteiger partial charge in [0.15, 0.2) is 11.4 Å². The topological polar surface area (TPSA) is 79.8 Å². The second-order valence-electron chi connectivity index (χ2n) is 11.1. The molecule has 7 aromatic rings. The van der Waals surface area contributed by atoms with Gasteiger partial charge in [0.1, 0.15) is 23.4 Å². The maximum Gasteiger partial charge on any atom is 0.263 e. The fourth-order valence-electron chi connectivity index (χ4n) is 6.02. The Balaban J connectivity index is 1.22. The summed E-state index contributed by atoms with van der Waals surface area (Å²) >= 11 is 0. The average Bonchev–Trinajstić information content (AvgIpc) is 3.75. The highest BCUT2D eigenvalue weighted by Crippen LogP contribution is 2.36. The van der Waals surface area contributed by atoms with Gasteiger partial charge in [-0.25, -0.2) is 15.0 Å². The standard InChI is InChI=1S/C35H28N6O2/c1-39(2)24-17-15-22(16-18-24)30-20-28(32-19-23-9-3-8-14-31(23)43-32)38-41(30)33(42)21-40-29-13-7-4-10-25(29)34-35(40)37-27-12-6-5-11-26(27)36-34/h3-19,30H,20-21H2,1-2H3. The Morgan fingerprint density at radius 2 is 1.60 bits per heavy atom. The zero-order valence-corrected chi connectivity index (χ0v) is 23.8. The van der Waals surface area contributed by atoms with Crippen LogP contribution in [0.2, 0.25) is 0 Å². The molecule has 1 amide bonds. The average molecular weight is 565 g/mol. The van der Waals surface area contributed by atoms with Gasteiger partial charge in [0, 0.05) is 37.0 Å². The van der Waals surface area contributed by atoms with Crippen LogP contribution in [0.15, 0.2) is 113 Å². The van der Waals surface area contributed by atoms with E-state index in [9.17, 15) is 4.79 Å². The first-order valence-corrected chi connectivity index (χ1v) is 14.3. The van der Waals surface area contributed by atoms with E-state index >= 15 is 0 Å². The highest BCUT2D eigenvalue weighted by Gasteiger charge is 2.35. The lowest BCUT2D eigenvalue weighted by Crippen LogP contribution is -2.30. The molecule has 210 valence electrons. The van der Waals surface area contributed by atoms with Crippen molar-refractivity contribution < 1.29 is 9.21 Å². The number of para-hydroxylation sites is 4. The molecule has 1 unspecified atom stereocenters. The third-order valence-corrected chi connectivity index (χ3v) is 8.22. The zero-order chi connectivity index (χ0) is 29.1. The van der Waals surface area contributed by atoms with Crippen LogP contribution in [-0.4, -0.2) is 45.3 Å². The van der Waals surface area contributed by atoms with Gasteiger partial charge >= 0.3 is 0 Å². The third kappa shape index (κ3) is 4.22.